The average Bonchev–Trinajstić information content (AvgIpc) is 2.79. The molecule has 1 aromatic carbocycles. The van der Waals surface area contributed by atoms with Crippen molar-refractivity contribution in [1.82, 2.24) is 9.97 Å². The highest BCUT2D eigenvalue weighted by Gasteiger charge is 2.31. The van der Waals surface area contributed by atoms with Crippen LogP contribution in [0.3, 0.4) is 0 Å². The van der Waals surface area contributed by atoms with Gasteiger partial charge in [-0.25, -0.2) is 4.98 Å². The molecule has 4 atom stereocenters. The highest BCUT2D eigenvalue weighted by Crippen LogP contribution is 2.29. The van der Waals surface area contributed by atoms with Crippen molar-refractivity contribution < 1.29 is 20.4 Å². The largest absolute Gasteiger partial charge is 0.391 e. The quantitative estimate of drug-likeness (QED) is 0.521. The molecule has 0 aliphatic heterocycles. The zero-order chi connectivity index (χ0) is 15.0. The number of halogens is 2. The van der Waals surface area contributed by atoms with Gasteiger partial charge < -0.3 is 25.4 Å². The minimum Gasteiger partial charge on any atom is -0.391 e. The highest BCUT2D eigenvalue weighted by molar-refractivity contribution is 9.13. The molecule has 0 fully saturated rings. The van der Waals surface area contributed by atoms with E-state index in [0.717, 1.165) is 8.95 Å². The third-order valence-corrected chi connectivity index (χ3v) is 4.83. The molecule has 1 heterocycles. The minimum absolute atomic E-state index is 0.122. The van der Waals surface area contributed by atoms with Gasteiger partial charge in [0.15, 0.2) is 0 Å². The van der Waals surface area contributed by atoms with Gasteiger partial charge in [-0.05, 0) is 50.9 Å². The molecule has 3 unspecified atom stereocenters. The van der Waals surface area contributed by atoms with Gasteiger partial charge in [-0.3, -0.25) is 0 Å². The number of H-pyrrole nitrogens is 1. The zero-order valence-electron chi connectivity index (χ0n) is 10.5. The number of imidazole rings is 1. The van der Waals surface area contributed by atoms with Gasteiger partial charge in [-0.2, -0.15) is 0 Å². The predicted molar refractivity (Wildman–Crippen MR) is 80.1 cm³/mol. The van der Waals surface area contributed by atoms with Crippen LogP contribution < -0.4 is 0 Å². The van der Waals surface area contributed by atoms with Crippen LogP contribution in [0.15, 0.2) is 21.1 Å². The summed E-state index contributed by atoms with van der Waals surface area (Å²) in [6.07, 6.45) is -5.59. The number of aliphatic hydroxyl groups is 4. The summed E-state index contributed by atoms with van der Waals surface area (Å²) >= 11 is 6.70. The Balaban J connectivity index is 2.33. The smallest absolute Gasteiger partial charge is 0.140 e. The SMILES string of the molecule is CC(O)C(O)C(O)[C@@H](O)c1nc2cc(Br)c(Br)cc2[nH]1. The second-order valence-corrected chi connectivity index (χ2v) is 6.28. The van der Waals surface area contributed by atoms with Crippen LogP contribution in [0.5, 0.6) is 0 Å². The van der Waals surface area contributed by atoms with Crippen molar-refractivity contribution in [2.45, 2.75) is 31.3 Å². The van der Waals surface area contributed by atoms with Crippen LogP contribution in [0.1, 0.15) is 18.9 Å². The van der Waals surface area contributed by atoms with Crippen LogP contribution in [0.2, 0.25) is 0 Å². The standard InChI is InChI=1S/C12H14Br2N2O4/c1-4(17)9(18)10(19)11(20)12-15-7-2-5(13)6(14)3-8(7)16-12/h2-4,9-11,17-20H,1H3,(H,15,16)/t4?,9?,10?,11-/m1/s1. The first-order valence-electron chi connectivity index (χ1n) is 5.88. The number of hydrogen-bond donors (Lipinski definition) is 5. The summed E-state index contributed by atoms with van der Waals surface area (Å²) in [6.45, 7) is 1.33. The lowest BCUT2D eigenvalue weighted by molar-refractivity contribution is -0.103. The molecule has 8 heteroatoms. The van der Waals surface area contributed by atoms with Gasteiger partial charge in [-0.1, -0.05) is 0 Å². The number of aliphatic hydroxyl groups excluding tert-OH is 4. The van der Waals surface area contributed by atoms with Gasteiger partial charge in [0.25, 0.3) is 0 Å². The maximum Gasteiger partial charge on any atom is 0.140 e. The summed E-state index contributed by atoms with van der Waals surface area (Å²) in [4.78, 5) is 7.04. The fourth-order valence-electron chi connectivity index (χ4n) is 1.80. The minimum atomic E-state index is -1.54. The van der Waals surface area contributed by atoms with Gasteiger partial charge >= 0.3 is 0 Å². The van der Waals surface area contributed by atoms with E-state index in [4.69, 9.17) is 0 Å². The van der Waals surface area contributed by atoms with E-state index < -0.39 is 24.4 Å². The van der Waals surface area contributed by atoms with Crippen molar-refractivity contribution in [3.8, 4) is 0 Å². The van der Waals surface area contributed by atoms with Crippen LogP contribution in [-0.4, -0.2) is 48.7 Å². The number of nitrogens with one attached hydrogen (secondary N) is 1. The van der Waals surface area contributed by atoms with Crippen LogP contribution in [0.25, 0.3) is 11.0 Å². The van der Waals surface area contributed by atoms with Crippen molar-refractivity contribution in [2.24, 2.45) is 0 Å². The van der Waals surface area contributed by atoms with E-state index in [9.17, 15) is 20.4 Å². The van der Waals surface area contributed by atoms with E-state index in [0.29, 0.717) is 11.0 Å². The number of aromatic amines is 1. The van der Waals surface area contributed by atoms with Gasteiger partial charge in [-0.15, -0.1) is 0 Å². The lowest BCUT2D eigenvalue weighted by atomic mass is 10.0. The maximum absolute atomic E-state index is 10.0. The number of nitrogens with zero attached hydrogens (tertiary/aromatic N) is 1. The fourth-order valence-corrected chi connectivity index (χ4v) is 2.47. The summed E-state index contributed by atoms with van der Waals surface area (Å²) in [5.74, 6) is 0.122. The lowest BCUT2D eigenvalue weighted by Gasteiger charge is -2.23. The fraction of sp³-hybridized carbons (Fsp3) is 0.417. The topological polar surface area (TPSA) is 110 Å². The van der Waals surface area contributed by atoms with Crippen LogP contribution in [0.4, 0.5) is 0 Å². The maximum atomic E-state index is 10.0. The first-order valence-corrected chi connectivity index (χ1v) is 7.46. The van der Waals surface area contributed by atoms with Crippen LogP contribution >= 0.6 is 31.9 Å². The van der Waals surface area contributed by atoms with Crippen molar-refractivity contribution in [3.63, 3.8) is 0 Å². The van der Waals surface area contributed by atoms with Gasteiger partial charge in [0, 0.05) is 8.95 Å². The first-order chi connectivity index (χ1) is 9.31. The molecule has 0 aliphatic carbocycles. The van der Waals surface area contributed by atoms with Crippen LogP contribution in [-0.2, 0) is 0 Å². The van der Waals surface area contributed by atoms with Crippen LogP contribution in [0, 0.1) is 0 Å². The number of hydrogen-bond acceptors (Lipinski definition) is 5. The molecule has 0 spiro atoms. The molecule has 20 heavy (non-hydrogen) atoms. The van der Waals surface area contributed by atoms with Crippen molar-refractivity contribution in [3.05, 3.63) is 26.9 Å². The predicted octanol–water partition coefficient (Wildman–Crippen LogP) is 1.22. The summed E-state index contributed by atoms with van der Waals surface area (Å²) in [5.41, 5.74) is 1.28. The zero-order valence-corrected chi connectivity index (χ0v) is 13.6. The highest BCUT2D eigenvalue weighted by atomic mass is 79.9. The average molecular weight is 410 g/mol. The van der Waals surface area contributed by atoms with E-state index in [1.807, 2.05) is 0 Å². The molecule has 0 radical (unpaired) electrons. The Labute approximate surface area is 131 Å². The third-order valence-electron chi connectivity index (χ3n) is 2.99. The molecule has 0 bridgehead atoms. The second kappa shape index (κ2) is 6.08. The monoisotopic (exact) mass is 408 g/mol. The number of aromatic nitrogens is 2. The Bertz CT molecular complexity index is 578. The summed E-state index contributed by atoms with van der Waals surface area (Å²) in [5, 5.41) is 38.6. The van der Waals surface area contributed by atoms with Crippen molar-refractivity contribution in [2.75, 3.05) is 0 Å². The summed E-state index contributed by atoms with van der Waals surface area (Å²) in [6, 6.07) is 3.53. The molecule has 0 saturated carbocycles. The molecule has 1 aromatic heterocycles. The van der Waals surface area contributed by atoms with Gasteiger partial charge in [0.2, 0.25) is 0 Å². The molecule has 2 rings (SSSR count). The molecule has 2 aromatic rings. The van der Waals surface area contributed by atoms with Gasteiger partial charge in [0.1, 0.15) is 24.1 Å². The number of rotatable bonds is 4. The van der Waals surface area contributed by atoms with E-state index in [-0.39, 0.29) is 5.82 Å². The molecule has 110 valence electrons. The molecule has 0 amide bonds. The molecule has 0 aliphatic rings. The Morgan fingerprint density at radius 1 is 1.05 bits per heavy atom. The Kier molecular flexibility index (Phi) is 4.83. The van der Waals surface area contributed by atoms with E-state index >= 15 is 0 Å². The molecular formula is C12H14Br2N2O4. The van der Waals surface area contributed by atoms with E-state index in [1.54, 1.807) is 12.1 Å². The molecule has 0 saturated heterocycles. The first kappa shape index (κ1) is 15.9. The van der Waals surface area contributed by atoms with Gasteiger partial charge in [0.05, 0.1) is 17.1 Å². The van der Waals surface area contributed by atoms with Crippen molar-refractivity contribution in [1.29, 1.82) is 0 Å². The Hall–Kier alpha value is -0.510. The van der Waals surface area contributed by atoms with Crippen molar-refractivity contribution >= 4 is 42.9 Å². The van der Waals surface area contributed by atoms with E-state index in [2.05, 4.69) is 41.8 Å². The molecule has 5 N–H and O–H groups in total. The summed E-state index contributed by atoms with van der Waals surface area (Å²) in [7, 11) is 0. The number of fused-ring (bicyclic) bond motifs is 1. The second-order valence-electron chi connectivity index (χ2n) is 4.57. The lowest BCUT2D eigenvalue weighted by Crippen LogP contribution is -2.39. The Morgan fingerprint density at radius 3 is 2.25 bits per heavy atom. The molecular weight excluding hydrogens is 396 g/mol. The van der Waals surface area contributed by atoms with E-state index in [1.165, 1.54) is 6.92 Å². The normalized spacial score (nSPS) is 17.9. The number of benzene rings is 1. The molecule has 6 nitrogen and oxygen atoms in total. The Morgan fingerprint density at radius 2 is 1.65 bits per heavy atom. The third kappa shape index (κ3) is 3.05. The summed E-state index contributed by atoms with van der Waals surface area (Å²) < 4.78 is 1.63.